The van der Waals surface area contributed by atoms with Gasteiger partial charge in [0.15, 0.2) is 5.17 Å². The number of nitrogens with one attached hydrogen (secondary N) is 1. The van der Waals surface area contributed by atoms with Crippen molar-refractivity contribution in [3.8, 4) is 0 Å². The van der Waals surface area contributed by atoms with Crippen molar-refractivity contribution in [2.75, 3.05) is 12.4 Å². The van der Waals surface area contributed by atoms with Crippen LogP contribution in [0.3, 0.4) is 0 Å². The van der Waals surface area contributed by atoms with Gasteiger partial charge in [-0.25, -0.2) is 0 Å². The Hall–Kier alpha value is -0.220. The Morgan fingerprint density at radius 2 is 2.32 bits per heavy atom. The summed E-state index contributed by atoms with van der Waals surface area (Å²) in [5.41, 5.74) is 0.365. The monoisotopic (exact) mass is 282 g/mol. The third kappa shape index (κ3) is 3.10. The van der Waals surface area contributed by atoms with Gasteiger partial charge in [-0.15, -0.1) is 0 Å². The van der Waals surface area contributed by atoms with Crippen molar-refractivity contribution >= 4 is 16.9 Å². The van der Waals surface area contributed by atoms with Crippen LogP contribution in [0.25, 0.3) is 0 Å². The molecule has 1 heterocycles. The Bertz CT molecular complexity index is 354. The quantitative estimate of drug-likeness (QED) is 0.863. The first kappa shape index (κ1) is 13.7. The third-order valence-corrected chi connectivity index (χ3v) is 5.90. The van der Waals surface area contributed by atoms with Gasteiger partial charge < -0.3 is 10.1 Å². The van der Waals surface area contributed by atoms with Crippen LogP contribution in [0.4, 0.5) is 0 Å². The molecule has 0 aromatic heterocycles. The average molecular weight is 282 g/mol. The predicted octanol–water partition coefficient (Wildman–Crippen LogP) is 3.20. The number of amidine groups is 1. The fourth-order valence-electron chi connectivity index (χ4n) is 3.66. The number of nitrogens with zero attached hydrogens (tertiary/aromatic N) is 1. The zero-order valence-corrected chi connectivity index (χ0v) is 13.0. The molecule has 0 amide bonds. The molecule has 2 unspecified atom stereocenters. The minimum atomic E-state index is 0.365. The Labute approximate surface area is 121 Å². The summed E-state index contributed by atoms with van der Waals surface area (Å²) in [7, 11) is 0. The molecule has 2 aliphatic carbocycles. The van der Waals surface area contributed by atoms with Crippen molar-refractivity contribution < 1.29 is 4.74 Å². The van der Waals surface area contributed by atoms with Gasteiger partial charge in [0, 0.05) is 17.9 Å². The SMILES string of the molecule is CCOC1CC(N=C2NC3(CCCC(C)C3)CS2)C1. The smallest absolute Gasteiger partial charge is 0.157 e. The summed E-state index contributed by atoms with van der Waals surface area (Å²) in [6, 6.07) is 0.503. The zero-order valence-electron chi connectivity index (χ0n) is 12.2. The Morgan fingerprint density at radius 3 is 3.05 bits per heavy atom. The summed E-state index contributed by atoms with van der Waals surface area (Å²) in [5, 5.41) is 4.96. The molecule has 4 heteroatoms. The van der Waals surface area contributed by atoms with Crippen LogP contribution < -0.4 is 5.32 Å². The lowest BCUT2D eigenvalue weighted by Crippen LogP contribution is -2.47. The molecule has 1 N–H and O–H groups in total. The highest BCUT2D eigenvalue weighted by molar-refractivity contribution is 8.14. The Kier molecular flexibility index (Phi) is 4.08. The second-order valence-electron chi connectivity index (χ2n) is 6.53. The molecule has 0 radical (unpaired) electrons. The van der Waals surface area contributed by atoms with Gasteiger partial charge >= 0.3 is 0 Å². The Morgan fingerprint density at radius 1 is 1.47 bits per heavy atom. The predicted molar refractivity (Wildman–Crippen MR) is 81.8 cm³/mol. The summed E-state index contributed by atoms with van der Waals surface area (Å²) in [6.07, 6.45) is 8.12. The number of rotatable bonds is 3. The second-order valence-corrected chi connectivity index (χ2v) is 7.50. The molecular formula is C15H26N2OS. The van der Waals surface area contributed by atoms with Gasteiger partial charge in [0.05, 0.1) is 12.1 Å². The molecular weight excluding hydrogens is 256 g/mol. The molecule has 1 spiro atoms. The maximum Gasteiger partial charge on any atom is 0.157 e. The topological polar surface area (TPSA) is 33.6 Å². The van der Waals surface area contributed by atoms with Gasteiger partial charge in [-0.2, -0.15) is 0 Å². The summed E-state index contributed by atoms with van der Waals surface area (Å²) in [5.74, 6) is 2.09. The largest absolute Gasteiger partial charge is 0.378 e. The van der Waals surface area contributed by atoms with Crippen molar-refractivity contribution in [2.24, 2.45) is 10.9 Å². The molecule has 1 aliphatic heterocycles. The molecule has 0 aromatic rings. The van der Waals surface area contributed by atoms with Gasteiger partial charge in [0.25, 0.3) is 0 Å². The number of ether oxygens (including phenoxy) is 1. The van der Waals surface area contributed by atoms with Crippen LogP contribution in [-0.4, -0.2) is 35.2 Å². The van der Waals surface area contributed by atoms with Gasteiger partial charge in [-0.1, -0.05) is 31.5 Å². The third-order valence-electron chi connectivity index (χ3n) is 4.72. The molecule has 0 bridgehead atoms. The molecule has 2 atom stereocenters. The van der Waals surface area contributed by atoms with Gasteiger partial charge in [-0.05, 0) is 38.5 Å². The molecule has 0 aromatic carbocycles. The minimum absolute atomic E-state index is 0.365. The lowest BCUT2D eigenvalue weighted by molar-refractivity contribution is -0.000701. The molecule has 3 nitrogen and oxygen atoms in total. The summed E-state index contributed by atoms with van der Waals surface area (Å²) < 4.78 is 5.60. The van der Waals surface area contributed by atoms with E-state index in [1.54, 1.807) is 0 Å². The van der Waals surface area contributed by atoms with Crippen molar-refractivity contribution in [1.82, 2.24) is 5.32 Å². The van der Waals surface area contributed by atoms with E-state index >= 15 is 0 Å². The first-order chi connectivity index (χ1) is 9.19. The van der Waals surface area contributed by atoms with Crippen molar-refractivity contribution in [3.05, 3.63) is 0 Å². The van der Waals surface area contributed by atoms with Crippen LogP contribution in [0.2, 0.25) is 0 Å². The lowest BCUT2D eigenvalue weighted by atomic mass is 9.78. The maximum absolute atomic E-state index is 5.60. The van der Waals surface area contributed by atoms with Crippen LogP contribution >= 0.6 is 11.8 Å². The second kappa shape index (κ2) is 5.65. The summed E-state index contributed by atoms with van der Waals surface area (Å²) in [6.45, 7) is 5.30. The molecule has 108 valence electrons. The highest BCUT2D eigenvalue weighted by Gasteiger charge is 2.41. The van der Waals surface area contributed by atoms with E-state index in [2.05, 4.69) is 19.2 Å². The van der Waals surface area contributed by atoms with Crippen LogP contribution in [0, 0.1) is 5.92 Å². The number of hydrogen-bond acceptors (Lipinski definition) is 3. The van der Waals surface area contributed by atoms with Crippen molar-refractivity contribution in [2.45, 2.75) is 70.1 Å². The molecule has 1 saturated heterocycles. The highest BCUT2D eigenvalue weighted by Crippen LogP contribution is 2.39. The van der Waals surface area contributed by atoms with Gasteiger partial charge in [0.2, 0.25) is 0 Å². The van der Waals surface area contributed by atoms with E-state index in [1.807, 2.05) is 11.8 Å². The Balaban J connectivity index is 1.52. The lowest BCUT2D eigenvalue weighted by Gasteiger charge is -2.36. The van der Waals surface area contributed by atoms with E-state index in [-0.39, 0.29) is 0 Å². The number of aliphatic imine (C=N–C) groups is 1. The van der Waals surface area contributed by atoms with E-state index < -0.39 is 0 Å². The van der Waals surface area contributed by atoms with Crippen molar-refractivity contribution in [3.63, 3.8) is 0 Å². The first-order valence-corrected chi connectivity index (χ1v) is 8.78. The fourth-order valence-corrected chi connectivity index (χ4v) is 4.92. The van der Waals surface area contributed by atoms with E-state index in [0.29, 0.717) is 17.7 Å². The van der Waals surface area contributed by atoms with E-state index in [4.69, 9.17) is 9.73 Å². The van der Waals surface area contributed by atoms with Crippen molar-refractivity contribution in [1.29, 1.82) is 0 Å². The summed E-state index contributed by atoms with van der Waals surface area (Å²) >= 11 is 1.94. The van der Waals surface area contributed by atoms with Crippen LogP contribution in [-0.2, 0) is 4.74 Å². The molecule has 19 heavy (non-hydrogen) atoms. The first-order valence-electron chi connectivity index (χ1n) is 7.79. The zero-order chi connectivity index (χ0) is 13.3. The standard InChI is InChI=1S/C15H26N2OS/c1-3-18-13-7-12(8-13)16-14-17-15(10-19-14)6-4-5-11(2)9-15/h11-13H,3-10H2,1-2H3,(H,16,17). The molecule has 3 rings (SSSR count). The summed E-state index contributed by atoms with van der Waals surface area (Å²) in [4.78, 5) is 4.88. The van der Waals surface area contributed by atoms with Crippen LogP contribution in [0.1, 0.15) is 52.4 Å². The maximum atomic E-state index is 5.60. The molecule has 3 aliphatic rings. The fraction of sp³-hybridized carbons (Fsp3) is 0.933. The highest BCUT2D eigenvalue weighted by atomic mass is 32.2. The van der Waals surface area contributed by atoms with E-state index in [1.165, 1.54) is 36.6 Å². The minimum Gasteiger partial charge on any atom is -0.378 e. The number of thioether (sulfide) groups is 1. The molecule has 3 fully saturated rings. The number of hydrogen-bond donors (Lipinski definition) is 1. The van der Waals surface area contributed by atoms with Gasteiger partial charge in [-0.3, -0.25) is 4.99 Å². The van der Waals surface area contributed by atoms with Gasteiger partial charge in [0.1, 0.15) is 0 Å². The molecule has 2 saturated carbocycles. The van der Waals surface area contributed by atoms with Crippen LogP contribution in [0.15, 0.2) is 4.99 Å². The van der Waals surface area contributed by atoms with E-state index in [0.717, 1.165) is 25.4 Å². The van der Waals surface area contributed by atoms with E-state index in [9.17, 15) is 0 Å². The average Bonchev–Trinajstić information content (AvgIpc) is 2.69. The normalized spacial score (nSPS) is 44.3. The van der Waals surface area contributed by atoms with Crippen LogP contribution in [0.5, 0.6) is 0 Å².